The van der Waals surface area contributed by atoms with E-state index >= 15 is 0 Å². The molecular formula is C12H18FNO3. The minimum atomic E-state index is -0.381. The molecule has 0 radical (unpaired) electrons. The van der Waals surface area contributed by atoms with Crippen LogP contribution in [0.25, 0.3) is 0 Å². The number of hydrogen-bond donors (Lipinski definition) is 1. The lowest BCUT2D eigenvalue weighted by molar-refractivity contribution is 0.0474. The minimum absolute atomic E-state index is 0.0337. The monoisotopic (exact) mass is 243 g/mol. The summed E-state index contributed by atoms with van der Waals surface area (Å²) in [5.74, 6) is -0.146. The number of benzene rings is 1. The fourth-order valence-electron chi connectivity index (χ4n) is 1.37. The molecule has 96 valence electrons. The van der Waals surface area contributed by atoms with E-state index in [1.165, 1.54) is 13.2 Å². The number of para-hydroxylation sites is 1. The standard InChI is InChI=1S/C12H18FNO3/c1-15-7-6-14-8-10-4-3-5-11(13)12(10)17-9-16-2/h3-5,14H,6-9H2,1-2H3. The van der Waals surface area contributed by atoms with Crippen molar-refractivity contribution in [1.29, 1.82) is 0 Å². The second-order valence-corrected chi connectivity index (χ2v) is 3.45. The summed E-state index contributed by atoms with van der Waals surface area (Å²) in [5, 5.41) is 3.13. The van der Waals surface area contributed by atoms with E-state index < -0.39 is 0 Å². The number of ether oxygens (including phenoxy) is 3. The zero-order valence-electron chi connectivity index (χ0n) is 10.2. The number of rotatable bonds is 8. The van der Waals surface area contributed by atoms with Crippen LogP contribution in [-0.2, 0) is 16.0 Å². The van der Waals surface area contributed by atoms with Gasteiger partial charge < -0.3 is 19.5 Å². The van der Waals surface area contributed by atoms with Gasteiger partial charge in [-0.05, 0) is 6.07 Å². The molecule has 0 saturated heterocycles. The highest BCUT2D eigenvalue weighted by molar-refractivity contribution is 5.34. The summed E-state index contributed by atoms with van der Waals surface area (Å²) in [7, 11) is 3.13. The highest BCUT2D eigenvalue weighted by atomic mass is 19.1. The number of halogens is 1. The van der Waals surface area contributed by atoms with Gasteiger partial charge in [0.05, 0.1) is 6.61 Å². The summed E-state index contributed by atoms with van der Waals surface area (Å²) in [5.41, 5.74) is 0.762. The summed E-state index contributed by atoms with van der Waals surface area (Å²) < 4.78 is 28.4. The highest BCUT2D eigenvalue weighted by Crippen LogP contribution is 2.22. The van der Waals surface area contributed by atoms with E-state index in [2.05, 4.69) is 5.32 Å². The van der Waals surface area contributed by atoms with Crippen LogP contribution in [0, 0.1) is 5.82 Å². The smallest absolute Gasteiger partial charge is 0.188 e. The van der Waals surface area contributed by atoms with Gasteiger partial charge in [0, 0.05) is 32.9 Å². The molecule has 0 bridgehead atoms. The fourth-order valence-corrected chi connectivity index (χ4v) is 1.37. The van der Waals surface area contributed by atoms with Crippen LogP contribution in [0.1, 0.15) is 5.56 Å². The maximum atomic E-state index is 13.5. The molecule has 0 amide bonds. The molecule has 0 heterocycles. The lowest BCUT2D eigenvalue weighted by Crippen LogP contribution is -2.19. The van der Waals surface area contributed by atoms with Gasteiger partial charge in [-0.15, -0.1) is 0 Å². The Morgan fingerprint density at radius 1 is 1.24 bits per heavy atom. The second-order valence-electron chi connectivity index (χ2n) is 3.45. The average molecular weight is 243 g/mol. The van der Waals surface area contributed by atoms with Crippen molar-refractivity contribution in [3.63, 3.8) is 0 Å². The van der Waals surface area contributed by atoms with Gasteiger partial charge in [0.1, 0.15) is 0 Å². The number of methoxy groups -OCH3 is 2. The van der Waals surface area contributed by atoms with E-state index in [1.54, 1.807) is 13.2 Å². The average Bonchev–Trinajstić information content (AvgIpc) is 2.34. The Morgan fingerprint density at radius 3 is 2.76 bits per heavy atom. The first-order chi connectivity index (χ1) is 8.29. The van der Waals surface area contributed by atoms with Gasteiger partial charge in [-0.2, -0.15) is 0 Å². The van der Waals surface area contributed by atoms with Crippen LogP contribution in [0.3, 0.4) is 0 Å². The summed E-state index contributed by atoms with van der Waals surface area (Å²) in [6, 6.07) is 4.83. The first kappa shape index (κ1) is 13.9. The van der Waals surface area contributed by atoms with Crippen molar-refractivity contribution in [3.8, 4) is 5.75 Å². The Kier molecular flexibility index (Phi) is 6.54. The van der Waals surface area contributed by atoms with E-state index in [0.717, 1.165) is 5.56 Å². The van der Waals surface area contributed by atoms with Gasteiger partial charge in [0.15, 0.2) is 18.4 Å². The molecule has 0 aliphatic heterocycles. The van der Waals surface area contributed by atoms with Crippen molar-refractivity contribution >= 4 is 0 Å². The molecule has 4 nitrogen and oxygen atoms in total. The van der Waals surface area contributed by atoms with Crippen LogP contribution >= 0.6 is 0 Å². The Labute approximate surface area is 101 Å². The van der Waals surface area contributed by atoms with E-state index in [9.17, 15) is 4.39 Å². The largest absolute Gasteiger partial charge is 0.464 e. The van der Waals surface area contributed by atoms with Crippen molar-refractivity contribution in [1.82, 2.24) is 5.32 Å². The van der Waals surface area contributed by atoms with Crippen LogP contribution in [0.4, 0.5) is 4.39 Å². The molecule has 0 aliphatic carbocycles. The van der Waals surface area contributed by atoms with Crippen LogP contribution in [0.15, 0.2) is 18.2 Å². The van der Waals surface area contributed by atoms with Crippen molar-refractivity contribution in [2.75, 3.05) is 34.2 Å². The Morgan fingerprint density at radius 2 is 2.06 bits per heavy atom. The maximum absolute atomic E-state index is 13.5. The molecular weight excluding hydrogens is 225 g/mol. The summed E-state index contributed by atoms with van der Waals surface area (Å²) in [6.45, 7) is 1.88. The Hall–Kier alpha value is -1.17. The van der Waals surface area contributed by atoms with Gasteiger partial charge in [0.2, 0.25) is 0 Å². The van der Waals surface area contributed by atoms with Gasteiger partial charge >= 0.3 is 0 Å². The lowest BCUT2D eigenvalue weighted by atomic mass is 10.2. The molecule has 0 fully saturated rings. The van der Waals surface area contributed by atoms with Gasteiger partial charge in [-0.3, -0.25) is 0 Å². The molecule has 1 aromatic carbocycles. The lowest BCUT2D eigenvalue weighted by Gasteiger charge is -2.12. The summed E-state index contributed by atoms with van der Waals surface area (Å²) in [6.07, 6.45) is 0. The summed E-state index contributed by atoms with van der Waals surface area (Å²) >= 11 is 0. The highest BCUT2D eigenvalue weighted by Gasteiger charge is 2.09. The predicted molar refractivity (Wildman–Crippen MR) is 62.5 cm³/mol. The zero-order valence-corrected chi connectivity index (χ0v) is 10.2. The molecule has 1 rings (SSSR count). The van der Waals surface area contributed by atoms with Crippen LogP contribution in [0.5, 0.6) is 5.75 Å². The van der Waals surface area contributed by atoms with Crippen molar-refractivity contribution < 1.29 is 18.6 Å². The molecule has 0 atom stereocenters. The van der Waals surface area contributed by atoms with Gasteiger partial charge in [-0.25, -0.2) is 4.39 Å². The first-order valence-electron chi connectivity index (χ1n) is 5.38. The molecule has 17 heavy (non-hydrogen) atoms. The van der Waals surface area contributed by atoms with Crippen molar-refractivity contribution in [2.24, 2.45) is 0 Å². The third-order valence-electron chi connectivity index (χ3n) is 2.17. The minimum Gasteiger partial charge on any atom is -0.464 e. The first-order valence-corrected chi connectivity index (χ1v) is 5.38. The topological polar surface area (TPSA) is 39.7 Å². The Balaban J connectivity index is 2.59. The molecule has 5 heteroatoms. The summed E-state index contributed by atoms with van der Waals surface area (Å²) in [4.78, 5) is 0. The fraction of sp³-hybridized carbons (Fsp3) is 0.500. The van der Waals surface area contributed by atoms with Crippen LogP contribution in [-0.4, -0.2) is 34.2 Å². The van der Waals surface area contributed by atoms with Gasteiger partial charge in [0.25, 0.3) is 0 Å². The second kappa shape index (κ2) is 8.00. The molecule has 0 aromatic heterocycles. The maximum Gasteiger partial charge on any atom is 0.188 e. The van der Waals surface area contributed by atoms with Crippen LogP contribution in [0.2, 0.25) is 0 Å². The Bertz CT molecular complexity index is 334. The molecule has 0 unspecified atom stereocenters. The van der Waals surface area contributed by atoms with Crippen molar-refractivity contribution in [3.05, 3.63) is 29.6 Å². The third kappa shape index (κ3) is 4.68. The van der Waals surface area contributed by atoms with Gasteiger partial charge in [-0.1, -0.05) is 12.1 Å². The van der Waals surface area contributed by atoms with E-state index in [0.29, 0.717) is 19.7 Å². The zero-order chi connectivity index (χ0) is 12.5. The number of nitrogens with one attached hydrogen (secondary N) is 1. The normalized spacial score (nSPS) is 10.5. The van der Waals surface area contributed by atoms with E-state index in [1.807, 2.05) is 6.07 Å². The quantitative estimate of drug-likeness (QED) is 0.555. The third-order valence-corrected chi connectivity index (χ3v) is 2.17. The molecule has 0 aliphatic rings. The van der Waals surface area contributed by atoms with E-state index in [4.69, 9.17) is 14.2 Å². The molecule has 0 saturated carbocycles. The van der Waals surface area contributed by atoms with E-state index in [-0.39, 0.29) is 18.4 Å². The predicted octanol–water partition coefficient (Wildman–Crippen LogP) is 1.54. The SMILES string of the molecule is COCCNCc1cccc(F)c1OCOC. The van der Waals surface area contributed by atoms with Crippen LogP contribution < -0.4 is 10.1 Å². The molecule has 0 spiro atoms. The van der Waals surface area contributed by atoms with Crippen molar-refractivity contribution in [2.45, 2.75) is 6.54 Å². The number of hydrogen-bond acceptors (Lipinski definition) is 4. The molecule has 1 N–H and O–H groups in total. The molecule has 1 aromatic rings.